The molecule has 0 bridgehead atoms. The molecular weight excluding hydrogens is 516 g/mol. The Hall–Kier alpha value is -3.44. The van der Waals surface area contributed by atoms with E-state index in [1.165, 1.54) is 35.0 Å². The van der Waals surface area contributed by atoms with Gasteiger partial charge in [-0.2, -0.15) is 13.2 Å². The fraction of sp³-hybridized carbons (Fsp3) is 0.320. The van der Waals surface area contributed by atoms with Crippen LogP contribution in [0.4, 0.5) is 23.4 Å². The lowest BCUT2D eigenvalue weighted by Gasteiger charge is -2.28. The van der Waals surface area contributed by atoms with Crippen LogP contribution in [0.5, 0.6) is 0 Å². The molecule has 1 aromatic heterocycles. The number of ether oxygens (including phenoxy) is 1. The number of rotatable bonds is 7. The van der Waals surface area contributed by atoms with Crippen molar-refractivity contribution in [1.82, 2.24) is 15.1 Å². The number of carbonyl (C=O) groups excluding carboxylic acids is 2. The molecule has 0 aliphatic carbocycles. The van der Waals surface area contributed by atoms with Crippen molar-refractivity contribution in [3.8, 4) is 16.9 Å². The summed E-state index contributed by atoms with van der Waals surface area (Å²) in [5.74, 6) is -1.47. The molecule has 0 saturated carbocycles. The van der Waals surface area contributed by atoms with E-state index in [1.54, 1.807) is 18.2 Å². The van der Waals surface area contributed by atoms with Crippen LogP contribution in [0.15, 0.2) is 48.5 Å². The second kappa shape index (κ2) is 10.1. The van der Waals surface area contributed by atoms with Crippen molar-refractivity contribution in [3.05, 3.63) is 64.9 Å². The minimum atomic E-state index is -4.57. The highest BCUT2D eigenvalue weighted by molar-refractivity contribution is 6.31. The van der Waals surface area contributed by atoms with Crippen LogP contribution < -0.4 is 10.6 Å². The lowest BCUT2D eigenvalue weighted by molar-refractivity contribution is -0.267. The number of amides is 2. The summed E-state index contributed by atoms with van der Waals surface area (Å²) in [6, 6.07) is 11.7. The molecule has 0 spiro atoms. The summed E-state index contributed by atoms with van der Waals surface area (Å²) in [6.07, 6.45) is -4.51. The van der Waals surface area contributed by atoms with Crippen LogP contribution in [0, 0.1) is 11.7 Å². The van der Waals surface area contributed by atoms with Gasteiger partial charge in [0.25, 0.3) is 0 Å². The van der Waals surface area contributed by atoms with Crippen molar-refractivity contribution in [2.24, 2.45) is 5.92 Å². The standard InChI is InChI=1S/C25H23ClF4N4O3/c1-24(2,25(28,29)30)37-13-14-7-15(9-17(26)8-14)20-11-21(32-23(36)16-10-22(35)31-12-16)33-34(20)19-5-3-18(27)4-6-19/h3-9,11,16H,10,12-13H2,1-2H3,(H,31,35)(H,32,33,36)/t16-/m0/s1. The van der Waals surface area contributed by atoms with E-state index in [1.807, 2.05) is 0 Å². The van der Waals surface area contributed by atoms with Crippen molar-refractivity contribution in [3.63, 3.8) is 0 Å². The van der Waals surface area contributed by atoms with Crippen molar-refractivity contribution in [2.75, 3.05) is 11.9 Å². The lowest BCUT2D eigenvalue weighted by atomic mass is 10.1. The number of carbonyl (C=O) groups is 2. The highest BCUT2D eigenvalue weighted by atomic mass is 35.5. The van der Waals surface area contributed by atoms with E-state index in [0.717, 1.165) is 13.8 Å². The third-order valence-electron chi connectivity index (χ3n) is 5.92. The van der Waals surface area contributed by atoms with E-state index < -0.39 is 29.4 Å². The zero-order valence-electron chi connectivity index (χ0n) is 19.8. The molecule has 37 heavy (non-hydrogen) atoms. The van der Waals surface area contributed by atoms with Crippen LogP contribution in [-0.2, 0) is 20.9 Å². The second-order valence-corrected chi connectivity index (χ2v) is 9.58. The lowest BCUT2D eigenvalue weighted by Crippen LogP contribution is -2.41. The molecule has 1 fully saturated rings. The van der Waals surface area contributed by atoms with Crippen molar-refractivity contribution < 1.29 is 31.9 Å². The van der Waals surface area contributed by atoms with Crippen molar-refractivity contribution in [2.45, 2.75) is 38.7 Å². The van der Waals surface area contributed by atoms with Crippen LogP contribution in [-0.4, -0.2) is 39.9 Å². The van der Waals surface area contributed by atoms with Gasteiger partial charge in [-0.05, 0) is 61.9 Å². The Morgan fingerprint density at radius 3 is 2.51 bits per heavy atom. The molecule has 0 radical (unpaired) electrons. The second-order valence-electron chi connectivity index (χ2n) is 9.14. The predicted octanol–water partition coefficient (Wildman–Crippen LogP) is 5.26. The van der Waals surface area contributed by atoms with E-state index in [4.69, 9.17) is 16.3 Å². The summed E-state index contributed by atoms with van der Waals surface area (Å²) in [6.45, 7) is 1.72. The van der Waals surface area contributed by atoms with Gasteiger partial charge in [0.1, 0.15) is 5.82 Å². The Bertz CT molecular complexity index is 1320. The maximum Gasteiger partial charge on any atom is 0.416 e. The quantitative estimate of drug-likeness (QED) is 0.402. The monoisotopic (exact) mass is 538 g/mol. The molecule has 12 heteroatoms. The Labute approximate surface area is 214 Å². The fourth-order valence-electron chi connectivity index (χ4n) is 3.67. The fourth-order valence-corrected chi connectivity index (χ4v) is 3.93. The number of alkyl halides is 3. The summed E-state index contributed by atoms with van der Waals surface area (Å²) in [4.78, 5) is 24.1. The summed E-state index contributed by atoms with van der Waals surface area (Å²) in [5.41, 5.74) is -0.620. The number of benzene rings is 2. The van der Waals surface area contributed by atoms with Gasteiger partial charge in [-0.3, -0.25) is 9.59 Å². The molecule has 0 unspecified atom stereocenters. The van der Waals surface area contributed by atoms with Crippen LogP contribution in [0.2, 0.25) is 5.02 Å². The Balaban J connectivity index is 1.68. The SMILES string of the molecule is CC(C)(OCc1cc(Cl)cc(-c2cc(NC(=O)[C@@H]3CNC(=O)C3)nn2-c2ccc(F)cc2)c1)C(F)(F)F. The molecular formula is C25H23ClF4N4O3. The first-order valence-electron chi connectivity index (χ1n) is 11.3. The van der Waals surface area contributed by atoms with Crippen LogP contribution in [0.1, 0.15) is 25.8 Å². The largest absolute Gasteiger partial charge is 0.416 e. The average Bonchev–Trinajstić information content (AvgIpc) is 3.44. The number of aromatic nitrogens is 2. The van der Waals surface area contributed by atoms with Crippen LogP contribution in [0.3, 0.4) is 0 Å². The number of hydrogen-bond acceptors (Lipinski definition) is 4. The number of hydrogen-bond donors (Lipinski definition) is 2. The smallest absolute Gasteiger partial charge is 0.361 e. The minimum Gasteiger partial charge on any atom is -0.361 e. The normalized spacial score (nSPS) is 16.1. The first kappa shape index (κ1) is 26.6. The summed E-state index contributed by atoms with van der Waals surface area (Å²) >= 11 is 6.28. The van der Waals surface area contributed by atoms with Gasteiger partial charge in [-0.1, -0.05) is 11.6 Å². The minimum absolute atomic E-state index is 0.0588. The summed E-state index contributed by atoms with van der Waals surface area (Å²) in [7, 11) is 0. The van der Waals surface area contributed by atoms with Gasteiger partial charge in [0.15, 0.2) is 11.4 Å². The summed E-state index contributed by atoms with van der Waals surface area (Å²) < 4.78 is 59.8. The molecule has 2 heterocycles. The molecule has 2 aromatic carbocycles. The van der Waals surface area contributed by atoms with E-state index in [-0.39, 0.29) is 36.3 Å². The molecule has 4 rings (SSSR count). The highest BCUT2D eigenvalue weighted by Gasteiger charge is 2.48. The van der Waals surface area contributed by atoms with Gasteiger partial charge in [0.2, 0.25) is 11.8 Å². The molecule has 1 aliphatic heterocycles. The zero-order chi connectivity index (χ0) is 27.0. The molecule has 2 N–H and O–H groups in total. The highest BCUT2D eigenvalue weighted by Crippen LogP contribution is 2.35. The number of halogens is 5. The van der Waals surface area contributed by atoms with E-state index in [2.05, 4.69) is 15.7 Å². The number of nitrogens with one attached hydrogen (secondary N) is 2. The number of anilines is 1. The van der Waals surface area contributed by atoms with Gasteiger partial charge in [-0.25, -0.2) is 9.07 Å². The molecule has 1 atom stereocenters. The zero-order valence-corrected chi connectivity index (χ0v) is 20.6. The maximum atomic E-state index is 13.5. The molecule has 3 aromatic rings. The van der Waals surface area contributed by atoms with Crippen LogP contribution in [0.25, 0.3) is 16.9 Å². The maximum absolute atomic E-state index is 13.5. The van der Waals surface area contributed by atoms with Crippen molar-refractivity contribution >= 4 is 29.2 Å². The Morgan fingerprint density at radius 2 is 1.89 bits per heavy atom. The third-order valence-corrected chi connectivity index (χ3v) is 6.13. The van der Waals surface area contributed by atoms with E-state index >= 15 is 0 Å². The Kier molecular flexibility index (Phi) is 7.29. The molecule has 7 nitrogen and oxygen atoms in total. The predicted molar refractivity (Wildman–Crippen MR) is 129 cm³/mol. The van der Waals surface area contributed by atoms with Gasteiger partial charge in [-0.15, -0.1) is 5.10 Å². The third kappa shape index (κ3) is 6.11. The van der Waals surface area contributed by atoms with E-state index in [0.29, 0.717) is 22.5 Å². The Morgan fingerprint density at radius 1 is 1.19 bits per heavy atom. The molecule has 1 saturated heterocycles. The van der Waals surface area contributed by atoms with Crippen LogP contribution >= 0.6 is 11.6 Å². The first-order valence-corrected chi connectivity index (χ1v) is 11.6. The van der Waals surface area contributed by atoms with Gasteiger partial charge in [0.05, 0.1) is 23.9 Å². The van der Waals surface area contributed by atoms with Crippen molar-refractivity contribution in [1.29, 1.82) is 0 Å². The molecule has 196 valence electrons. The summed E-state index contributed by atoms with van der Waals surface area (Å²) in [5, 5.41) is 9.96. The molecule has 2 amide bonds. The number of nitrogens with zero attached hydrogens (tertiary/aromatic N) is 2. The topological polar surface area (TPSA) is 85.2 Å². The average molecular weight is 539 g/mol. The van der Waals surface area contributed by atoms with Gasteiger partial charge in [0, 0.05) is 29.6 Å². The first-order chi connectivity index (χ1) is 17.3. The van der Waals surface area contributed by atoms with E-state index in [9.17, 15) is 27.2 Å². The molecule has 1 aliphatic rings. The van der Waals surface area contributed by atoms with Gasteiger partial charge >= 0.3 is 6.18 Å². The van der Waals surface area contributed by atoms with Gasteiger partial charge < -0.3 is 15.4 Å².